The van der Waals surface area contributed by atoms with Gasteiger partial charge in [-0.15, -0.1) is 24.2 Å². The van der Waals surface area contributed by atoms with Gasteiger partial charge in [-0.1, -0.05) is 12.1 Å². The second kappa shape index (κ2) is 13.7. The molecular weight excluding hydrogens is 494 g/mol. The lowest BCUT2D eigenvalue weighted by atomic mass is 9.90. The lowest BCUT2D eigenvalue weighted by Gasteiger charge is -2.32. The molecule has 0 unspecified atom stereocenters. The number of carbonyl (C=O) groups excluding carboxylic acids is 3. The van der Waals surface area contributed by atoms with Crippen molar-refractivity contribution in [1.82, 2.24) is 10.2 Å². The van der Waals surface area contributed by atoms with Gasteiger partial charge in [0.2, 0.25) is 11.8 Å². The Labute approximate surface area is 216 Å². The van der Waals surface area contributed by atoms with Crippen molar-refractivity contribution in [3.05, 3.63) is 24.3 Å². The molecule has 194 valence electrons. The molecule has 0 aromatic heterocycles. The van der Waals surface area contributed by atoms with E-state index in [4.69, 9.17) is 4.74 Å². The normalized spacial score (nSPS) is 19.3. The van der Waals surface area contributed by atoms with Crippen molar-refractivity contribution >= 4 is 53.6 Å². The second-order valence-corrected chi connectivity index (χ2v) is 9.71. The van der Waals surface area contributed by atoms with Crippen LogP contribution in [0.3, 0.4) is 0 Å². The van der Waals surface area contributed by atoms with Gasteiger partial charge in [0.1, 0.15) is 12.6 Å². The first-order chi connectivity index (χ1) is 16.3. The van der Waals surface area contributed by atoms with Crippen LogP contribution in [-0.4, -0.2) is 77.8 Å². The number of fused-ring (bicyclic) bond motifs is 1. The largest absolute Gasteiger partial charge is 0.480 e. The Morgan fingerprint density at radius 2 is 1.91 bits per heavy atom. The quantitative estimate of drug-likeness (QED) is 0.471. The number of amides is 2. The lowest BCUT2D eigenvalue weighted by Crippen LogP contribution is -2.54. The fraction of sp³-hybridized carbons (Fsp3) is 0.583. The van der Waals surface area contributed by atoms with Crippen molar-refractivity contribution < 1.29 is 29.0 Å². The summed E-state index contributed by atoms with van der Waals surface area (Å²) >= 11 is 1.46. The number of nitrogens with one attached hydrogen (secondary N) is 1. The van der Waals surface area contributed by atoms with Gasteiger partial charge in [-0.3, -0.25) is 29.4 Å². The Balaban J connectivity index is 0.00000432. The number of hydrogen-bond acceptors (Lipinski definition) is 7. The Kier molecular flexibility index (Phi) is 11.3. The summed E-state index contributed by atoms with van der Waals surface area (Å²) in [4.78, 5) is 53.1. The molecule has 0 radical (unpaired) electrons. The molecule has 1 aromatic carbocycles. The number of carbonyl (C=O) groups is 4. The van der Waals surface area contributed by atoms with Gasteiger partial charge < -0.3 is 14.7 Å². The average molecular weight is 528 g/mol. The molecule has 2 amide bonds. The van der Waals surface area contributed by atoms with Crippen LogP contribution in [0.5, 0.6) is 0 Å². The van der Waals surface area contributed by atoms with Crippen LogP contribution in [0.4, 0.5) is 5.69 Å². The number of thioether (sulfide) groups is 1. The number of nitrogens with zero attached hydrogens (tertiary/aromatic N) is 2. The first kappa shape index (κ1) is 28.9. The monoisotopic (exact) mass is 527 g/mol. The highest BCUT2D eigenvalue weighted by atomic mass is 35.5. The fourth-order valence-electron chi connectivity index (χ4n) is 4.47. The van der Waals surface area contributed by atoms with Crippen molar-refractivity contribution in [3.8, 4) is 0 Å². The number of carboxylic acid groups (broad SMARTS) is 1. The summed E-state index contributed by atoms with van der Waals surface area (Å²) in [7, 11) is 0. The summed E-state index contributed by atoms with van der Waals surface area (Å²) in [5.74, 6) is -1.04. The molecule has 2 aliphatic heterocycles. The third-order valence-electron chi connectivity index (χ3n) is 6.32. The number of para-hydroxylation sites is 1. The van der Waals surface area contributed by atoms with Gasteiger partial charge in [-0.25, -0.2) is 0 Å². The molecule has 1 saturated heterocycles. The van der Waals surface area contributed by atoms with Gasteiger partial charge in [-0.05, 0) is 50.7 Å². The molecule has 0 aliphatic carbocycles. The summed E-state index contributed by atoms with van der Waals surface area (Å²) in [5, 5.41) is 12.6. The molecule has 9 nitrogen and oxygen atoms in total. The van der Waals surface area contributed by atoms with Gasteiger partial charge in [0.05, 0.1) is 18.3 Å². The number of piperidine rings is 1. The number of anilines is 1. The highest BCUT2D eigenvalue weighted by Gasteiger charge is 2.35. The highest BCUT2D eigenvalue weighted by molar-refractivity contribution is 7.99. The van der Waals surface area contributed by atoms with E-state index in [1.165, 1.54) is 16.7 Å². The highest BCUT2D eigenvalue weighted by Crippen LogP contribution is 2.34. The van der Waals surface area contributed by atoms with E-state index >= 15 is 0 Å². The topological polar surface area (TPSA) is 116 Å². The summed E-state index contributed by atoms with van der Waals surface area (Å²) in [6, 6.07) is 5.82. The molecule has 2 aliphatic rings. The minimum Gasteiger partial charge on any atom is -0.480 e. The summed E-state index contributed by atoms with van der Waals surface area (Å²) < 4.78 is 5.27. The summed E-state index contributed by atoms with van der Waals surface area (Å²) in [5.41, 5.74) is 0.564. The lowest BCUT2D eigenvalue weighted by molar-refractivity contribution is -0.146. The SMILES string of the molecule is CCOC(=O)[C@H](CCC1CCN(C(C)=O)CC1)N[C@H]1CSc2ccccc2N(CC(=O)O)C1=O.Cl. The van der Waals surface area contributed by atoms with E-state index < -0.39 is 30.6 Å². The molecule has 3 rings (SSSR count). The fourth-order valence-corrected chi connectivity index (χ4v) is 5.55. The van der Waals surface area contributed by atoms with E-state index in [1.807, 2.05) is 17.0 Å². The van der Waals surface area contributed by atoms with E-state index in [0.29, 0.717) is 23.8 Å². The number of esters is 1. The minimum absolute atomic E-state index is 0. The zero-order valence-corrected chi connectivity index (χ0v) is 21.7. The van der Waals surface area contributed by atoms with Crippen molar-refractivity contribution in [2.24, 2.45) is 5.92 Å². The number of carboxylic acids is 1. The van der Waals surface area contributed by atoms with E-state index in [1.54, 1.807) is 26.0 Å². The van der Waals surface area contributed by atoms with Gasteiger partial charge >= 0.3 is 11.9 Å². The molecule has 0 bridgehead atoms. The summed E-state index contributed by atoms with van der Waals surface area (Å²) in [6.45, 7) is 4.54. The molecule has 2 atom stereocenters. The second-order valence-electron chi connectivity index (χ2n) is 8.65. The molecule has 2 heterocycles. The third-order valence-corrected chi connectivity index (χ3v) is 7.47. The van der Waals surface area contributed by atoms with Gasteiger partial charge in [0.15, 0.2) is 0 Å². The van der Waals surface area contributed by atoms with Gasteiger partial charge in [0, 0.05) is 30.7 Å². The van der Waals surface area contributed by atoms with Crippen LogP contribution < -0.4 is 10.2 Å². The smallest absolute Gasteiger partial charge is 0.323 e. The number of ether oxygens (including phenoxy) is 1. The molecular formula is C24H34ClN3O6S. The maximum absolute atomic E-state index is 13.4. The predicted octanol–water partition coefficient (Wildman–Crippen LogP) is 2.56. The number of likely N-dealkylation sites (tertiary alicyclic amines) is 1. The number of aliphatic carboxylic acids is 1. The number of rotatable bonds is 9. The predicted molar refractivity (Wildman–Crippen MR) is 136 cm³/mol. The number of benzene rings is 1. The maximum atomic E-state index is 13.4. The Bertz CT molecular complexity index is 909. The molecule has 2 N–H and O–H groups in total. The molecule has 11 heteroatoms. The van der Waals surface area contributed by atoms with Crippen LogP contribution in [0.2, 0.25) is 0 Å². The van der Waals surface area contributed by atoms with Crippen molar-refractivity contribution in [2.45, 2.75) is 56.5 Å². The minimum atomic E-state index is -1.10. The van der Waals surface area contributed by atoms with E-state index in [2.05, 4.69) is 5.32 Å². The van der Waals surface area contributed by atoms with Crippen LogP contribution in [0.15, 0.2) is 29.2 Å². The molecule has 0 saturated carbocycles. The zero-order chi connectivity index (χ0) is 24.7. The Morgan fingerprint density at radius 1 is 1.23 bits per heavy atom. The number of hydrogen-bond donors (Lipinski definition) is 2. The standard InChI is InChI=1S/C24H33N3O6S.ClH/c1-3-33-24(32)18(9-8-17-10-12-26(13-11-17)16(2)28)25-19-15-34-21-7-5-4-6-20(21)27(23(19)31)14-22(29)30;/h4-7,17-19,25H,3,8-15H2,1-2H3,(H,29,30);1H/t18-,19-;/m0./s1. The van der Waals surface area contributed by atoms with Gasteiger partial charge in [0.25, 0.3) is 0 Å². The van der Waals surface area contributed by atoms with Gasteiger partial charge in [-0.2, -0.15) is 0 Å². The molecule has 0 spiro atoms. The van der Waals surface area contributed by atoms with Crippen LogP contribution in [-0.2, 0) is 23.9 Å². The zero-order valence-electron chi connectivity index (χ0n) is 20.1. The van der Waals surface area contributed by atoms with Crippen molar-refractivity contribution in [3.63, 3.8) is 0 Å². The maximum Gasteiger partial charge on any atom is 0.323 e. The Morgan fingerprint density at radius 3 is 2.54 bits per heavy atom. The average Bonchev–Trinajstić information content (AvgIpc) is 2.94. The third kappa shape index (κ3) is 7.85. The van der Waals surface area contributed by atoms with Crippen molar-refractivity contribution in [1.29, 1.82) is 0 Å². The van der Waals surface area contributed by atoms with Crippen LogP contribution >= 0.6 is 24.2 Å². The van der Waals surface area contributed by atoms with Crippen LogP contribution in [0, 0.1) is 5.92 Å². The Hall–Kier alpha value is -2.30. The van der Waals surface area contributed by atoms with Crippen LogP contribution in [0.1, 0.15) is 39.5 Å². The van der Waals surface area contributed by atoms with E-state index in [-0.39, 0.29) is 30.8 Å². The first-order valence-corrected chi connectivity index (χ1v) is 12.7. The van der Waals surface area contributed by atoms with Crippen molar-refractivity contribution in [2.75, 3.05) is 36.9 Å². The van der Waals surface area contributed by atoms with E-state index in [9.17, 15) is 24.3 Å². The molecule has 1 fully saturated rings. The molecule has 35 heavy (non-hydrogen) atoms. The molecule has 1 aromatic rings. The first-order valence-electron chi connectivity index (χ1n) is 11.7. The van der Waals surface area contributed by atoms with Crippen LogP contribution in [0.25, 0.3) is 0 Å². The summed E-state index contributed by atoms with van der Waals surface area (Å²) in [6.07, 6.45) is 3.04. The van der Waals surface area contributed by atoms with E-state index in [0.717, 1.165) is 37.2 Å². The number of halogens is 1.